The zero-order valence-electron chi connectivity index (χ0n) is 13.1. The molecular weight excluding hydrogens is 361 g/mol. The van der Waals surface area contributed by atoms with Gasteiger partial charge in [0.25, 0.3) is 11.8 Å². The highest BCUT2D eigenvalue weighted by Gasteiger charge is 2.28. The van der Waals surface area contributed by atoms with Gasteiger partial charge in [0, 0.05) is 11.8 Å². The Balaban J connectivity index is 0.00000312. The van der Waals surface area contributed by atoms with Crippen LogP contribution >= 0.6 is 12.4 Å². The highest BCUT2D eigenvalue weighted by atomic mass is 35.5. The second kappa shape index (κ2) is 8.13. The molecule has 136 valence electrons. The summed E-state index contributed by atoms with van der Waals surface area (Å²) in [4.78, 5) is 23.9. The fraction of sp³-hybridized carbons (Fsp3) is 0.267. The summed E-state index contributed by atoms with van der Waals surface area (Å²) in [6.45, 7) is -0.476. The molecule has 0 saturated heterocycles. The van der Waals surface area contributed by atoms with E-state index in [1.807, 2.05) is 5.32 Å². The SMILES string of the molecule is Cc1cc(=O)c(C(=O)NCC(F)(F)CN)nn1-c1ccccc1F.Cl. The molecule has 0 atom stereocenters. The molecular formula is C15H16ClF3N4O2. The maximum Gasteiger partial charge on any atom is 0.277 e. The first kappa shape index (κ1) is 20.7. The minimum atomic E-state index is -3.30. The number of aromatic nitrogens is 2. The van der Waals surface area contributed by atoms with Crippen molar-refractivity contribution in [2.75, 3.05) is 13.1 Å². The van der Waals surface area contributed by atoms with Crippen molar-refractivity contribution in [3.63, 3.8) is 0 Å². The quantitative estimate of drug-likeness (QED) is 0.826. The molecule has 0 bridgehead atoms. The van der Waals surface area contributed by atoms with Crippen molar-refractivity contribution < 1.29 is 18.0 Å². The third kappa shape index (κ3) is 4.80. The number of benzene rings is 1. The molecule has 0 unspecified atom stereocenters. The van der Waals surface area contributed by atoms with Gasteiger partial charge in [0.2, 0.25) is 5.43 Å². The van der Waals surface area contributed by atoms with Crippen LogP contribution in [0.5, 0.6) is 0 Å². The van der Waals surface area contributed by atoms with Gasteiger partial charge in [-0.3, -0.25) is 9.59 Å². The number of carbonyl (C=O) groups excluding carboxylic acids is 1. The lowest BCUT2D eigenvalue weighted by atomic mass is 10.2. The molecule has 1 aromatic carbocycles. The van der Waals surface area contributed by atoms with Crippen LogP contribution in [0, 0.1) is 12.7 Å². The summed E-state index contributed by atoms with van der Waals surface area (Å²) in [7, 11) is 0. The number of rotatable bonds is 5. The van der Waals surface area contributed by atoms with Crippen LogP contribution in [0.2, 0.25) is 0 Å². The molecule has 0 saturated carbocycles. The number of amides is 1. The van der Waals surface area contributed by atoms with Gasteiger partial charge in [-0.2, -0.15) is 5.10 Å². The molecule has 0 aliphatic rings. The van der Waals surface area contributed by atoms with Crippen LogP contribution in [0.25, 0.3) is 5.69 Å². The molecule has 1 aromatic heterocycles. The number of aryl methyl sites for hydroxylation is 1. The van der Waals surface area contributed by atoms with Crippen molar-refractivity contribution in [2.45, 2.75) is 12.8 Å². The largest absolute Gasteiger partial charge is 0.344 e. The number of nitrogens with one attached hydrogen (secondary N) is 1. The number of alkyl halides is 2. The average Bonchev–Trinajstić information content (AvgIpc) is 2.54. The van der Waals surface area contributed by atoms with Gasteiger partial charge >= 0.3 is 0 Å². The van der Waals surface area contributed by atoms with E-state index >= 15 is 0 Å². The number of hydrogen-bond donors (Lipinski definition) is 2. The lowest BCUT2D eigenvalue weighted by Crippen LogP contribution is -2.43. The summed E-state index contributed by atoms with van der Waals surface area (Å²) in [6.07, 6.45) is 0. The number of hydrogen-bond acceptors (Lipinski definition) is 4. The number of para-hydroxylation sites is 1. The summed E-state index contributed by atoms with van der Waals surface area (Å²) >= 11 is 0. The van der Waals surface area contributed by atoms with Gasteiger partial charge in [0.15, 0.2) is 5.69 Å². The smallest absolute Gasteiger partial charge is 0.277 e. The van der Waals surface area contributed by atoms with Crippen LogP contribution in [0.4, 0.5) is 13.2 Å². The Kier molecular flexibility index (Phi) is 6.71. The minimum absolute atomic E-state index is 0. The number of nitrogens with zero attached hydrogens (tertiary/aromatic N) is 2. The molecule has 0 aliphatic heterocycles. The van der Waals surface area contributed by atoms with E-state index in [9.17, 15) is 22.8 Å². The van der Waals surface area contributed by atoms with Gasteiger partial charge in [-0.1, -0.05) is 12.1 Å². The molecule has 1 heterocycles. The van der Waals surface area contributed by atoms with Crippen molar-refractivity contribution in [1.29, 1.82) is 0 Å². The topological polar surface area (TPSA) is 90.0 Å². The van der Waals surface area contributed by atoms with E-state index in [0.29, 0.717) is 0 Å². The van der Waals surface area contributed by atoms with Crippen LogP contribution < -0.4 is 16.5 Å². The van der Waals surface area contributed by atoms with Crippen molar-refractivity contribution >= 4 is 18.3 Å². The van der Waals surface area contributed by atoms with Crippen molar-refractivity contribution in [3.8, 4) is 5.69 Å². The molecule has 25 heavy (non-hydrogen) atoms. The fourth-order valence-electron chi connectivity index (χ4n) is 1.94. The Morgan fingerprint density at radius 2 is 2.00 bits per heavy atom. The molecule has 2 rings (SSSR count). The van der Waals surface area contributed by atoms with Crippen LogP contribution in [-0.2, 0) is 0 Å². The molecule has 0 aliphatic carbocycles. The van der Waals surface area contributed by atoms with Crippen molar-refractivity contribution in [1.82, 2.24) is 15.1 Å². The molecule has 3 N–H and O–H groups in total. The minimum Gasteiger partial charge on any atom is -0.344 e. The Morgan fingerprint density at radius 1 is 1.36 bits per heavy atom. The molecule has 6 nitrogen and oxygen atoms in total. The zero-order valence-corrected chi connectivity index (χ0v) is 13.9. The molecule has 10 heteroatoms. The highest BCUT2D eigenvalue weighted by Crippen LogP contribution is 2.13. The number of nitrogens with two attached hydrogens (primary N) is 1. The van der Waals surface area contributed by atoms with Crippen LogP contribution in [0.3, 0.4) is 0 Å². The number of halogens is 4. The second-order valence-electron chi connectivity index (χ2n) is 5.10. The second-order valence-corrected chi connectivity index (χ2v) is 5.10. The van der Waals surface area contributed by atoms with E-state index in [4.69, 9.17) is 5.73 Å². The van der Waals surface area contributed by atoms with E-state index in [2.05, 4.69) is 5.10 Å². The fourth-order valence-corrected chi connectivity index (χ4v) is 1.94. The van der Waals surface area contributed by atoms with Gasteiger partial charge in [0.05, 0.1) is 13.1 Å². The Hall–Kier alpha value is -2.39. The van der Waals surface area contributed by atoms with Gasteiger partial charge in [-0.25, -0.2) is 17.9 Å². The zero-order chi connectivity index (χ0) is 17.9. The summed E-state index contributed by atoms with van der Waals surface area (Å²) in [5.41, 5.74) is 3.81. The van der Waals surface area contributed by atoms with Crippen molar-refractivity contribution in [3.05, 3.63) is 57.8 Å². The Bertz CT molecular complexity index is 827. The molecule has 1 amide bonds. The predicted octanol–water partition coefficient (Wildman–Crippen LogP) is 1.43. The van der Waals surface area contributed by atoms with E-state index in [1.54, 1.807) is 6.07 Å². The first-order valence-corrected chi connectivity index (χ1v) is 6.97. The molecule has 0 spiro atoms. The third-order valence-electron chi connectivity index (χ3n) is 3.21. The summed E-state index contributed by atoms with van der Waals surface area (Å²) in [5.74, 6) is -5.00. The third-order valence-corrected chi connectivity index (χ3v) is 3.21. The van der Waals surface area contributed by atoms with Crippen LogP contribution in [-0.4, -0.2) is 34.7 Å². The van der Waals surface area contributed by atoms with Gasteiger partial charge < -0.3 is 11.1 Å². The monoisotopic (exact) mass is 376 g/mol. The van der Waals surface area contributed by atoms with Gasteiger partial charge in [-0.15, -0.1) is 12.4 Å². The molecule has 0 fully saturated rings. The van der Waals surface area contributed by atoms with Gasteiger partial charge in [-0.05, 0) is 19.1 Å². The normalized spacial score (nSPS) is 10.9. The van der Waals surface area contributed by atoms with Crippen molar-refractivity contribution in [2.24, 2.45) is 5.73 Å². The van der Waals surface area contributed by atoms with E-state index < -0.39 is 41.9 Å². The lowest BCUT2D eigenvalue weighted by molar-refractivity contribution is 0.0118. The summed E-state index contributed by atoms with van der Waals surface area (Å²) < 4.78 is 41.1. The van der Waals surface area contributed by atoms with Gasteiger partial charge in [0.1, 0.15) is 11.5 Å². The van der Waals surface area contributed by atoms with E-state index in [-0.39, 0.29) is 23.8 Å². The van der Waals surface area contributed by atoms with Crippen LogP contribution in [0.1, 0.15) is 16.2 Å². The highest BCUT2D eigenvalue weighted by molar-refractivity contribution is 5.92. The first-order valence-electron chi connectivity index (χ1n) is 6.97. The first-order chi connectivity index (χ1) is 11.2. The van der Waals surface area contributed by atoms with E-state index in [1.165, 1.54) is 25.1 Å². The molecule has 0 radical (unpaired) electrons. The standard InChI is InChI=1S/C15H15F3N4O2.ClH/c1-9-6-12(23)13(14(24)20-8-15(17,18)7-19)21-22(9)11-5-3-2-4-10(11)16;/h2-6H,7-8,19H2,1H3,(H,20,24);1H. The Labute approximate surface area is 147 Å². The average molecular weight is 377 g/mol. The maximum atomic E-state index is 13.9. The summed E-state index contributed by atoms with van der Waals surface area (Å²) in [6, 6.07) is 6.70. The number of carbonyl (C=O) groups is 1. The lowest BCUT2D eigenvalue weighted by Gasteiger charge is -2.15. The summed E-state index contributed by atoms with van der Waals surface area (Å²) in [5, 5.41) is 5.71. The molecule has 2 aromatic rings. The predicted molar refractivity (Wildman–Crippen MR) is 88.1 cm³/mol. The van der Waals surface area contributed by atoms with E-state index in [0.717, 1.165) is 10.7 Å². The Morgan fingerprint density at radius 3 is 2.60 bits per heavy atom. The van der Waals surface area contributed by atoms with Crippen LogP contribution in [0.15, 0.2) is 35.1 Å². The maximum absolute atomic E-state index is 13.9.